The topological polar surface area (TPSA) is 23.6 Å². The highest BCUT2D eigenvalue weighted by atomic mass is 19.3. The van der Waals surface area contributed by atoms with E-state index in [0.29, 0.717) is 0 Å². The Morgan fingerprint density at radius 3 is 2.50 bits per heavy atom. The number of carbonyl (C=O) groups is 1. The Morgan fingerprint density at radius 1 is 1.50 bits per heavy atom. The van der Waals surface area contributed by atoms with Crippen LogP contribution in [0.4, 0.5) is 13.6 Å². The molecule has 1 atom stereocenters. The molecule has 0 radical (unpaired) electrons. The lowest BCUT2D eigenvalue weighted by atomic mass is 9.96. The summed E-state index contributed by atoms with van der Waals surface area (Å²) in [6.07, 6.45) is -0.228. The van der Waals surface area contributed by atoms with E-state index < -0.39 is 11.8 Å². The predicted molar refractivity (Wildman–Crippen MR) is 49.4 cm³/mol. The van der Waals surface area contributed by atoms with E-state index in [9.17, 15) is 13.6 Å². The molecule has 14 heavy (non-hydrogen) atoms. The zero-order valence-corrected chi connectivity index (χ0v) is 8.76. The van der Waals surface area contributed by atoms with Crippen LogP contribution in [0.1, 0.15) is 13.3 Å². The lowest BCUT2D eigenvalue weighted by molar-refractivity contribution is -0.0919. The molecule has 0 saturated carbocycles. The number of halogens is 2. The molecule has 0 bridgehead atoms. The molecule has 0 N–H and O–H groups in total. The van der Waals surface area contributed by atoms with E-state index >= 15 is 0 Å². The third-order valence-electron chi connectivity index (χ3n) is 2.58. The highest BCUT2D eigenvalue weighted by molar-refractivity contribution is 5.73. The Balaban J connectivity index is 2.59. The molecular formula is C9H16F2N2O. The van der Waals surface area contributed by atoms with Crippen LogP contribution in [-0.4, -0.2) is 48.9 Å². The van der Waals surface area contributed by atoms with Crippen molar-refractivity contribution < 1.29 is 13.6 Å². The van der Waals surface area contributed by atoms with Crippen molar-refractivity contribution in [3.63, 3.8) is 0 Å². The first-order valence-electron chi connectivity index (χ1n) is 4.68. The molecule has 5 heteroatoms. The number of hydrogen-bond acceptors (Lipinski definition) is 1. The molecule has 1 aliphatic heterocycles. The Bertz CT molecular complexity index is 231. The molecule has 0 aromatic rings. The van der Waals surface area contributed by atoms with Crippen LogP contribution in [0.25, 0.3) is 0 Å². The zero-order chi connectivity index (χ0) is 10.9. The Kier molecular flexibility index (Phi) is 2.97. The maximum absolute atomic E-state index is 13.1. The van der Waals surface area contributed by atoms with E-state index in [1.54, 1.807) is 14.1 Å². The minimum atomic E-state index is -2.62. The first kappa shape index (κ1) is 11.2. The summed E-state index contributed by atoms with van der Waals surface area (Å²) in [7, 11) is 3.25. The summed E-state index contributed by atoms with van der Waals surface area (Å²) in [6, 6.07) is -0.188. The molecular weight excluding hydrogens is 190 g/mol. The zero-order valence-electron chi connectivity index (χ0n) is 8.76. The van der Waals surface area contributed by atoms with Gasteiger partial charge >= 0.3 is 6.03 Å². The Labute approximate surface area is 82.7 Å². The van der Waals surface area contributed by atoms with Gasteiger partial charge in [0.2, 0.25) is 0 Å². The average molecular weight is 206 g/mol. The van der Waals surface area contributed by atoms with Crippen LogP contribution in [0.3, 0.4) is 0 Å². The van der Waals surface area contributed by atoms with Gasteiger partial charge in [0.05, 0.1) is 0 Å². The monoisotopic (exact) mass is 206 g/mol. The highest BCUT2D eigenvalue weighted by Gasteiger charge is 2.42. The van der Waals surface area contributed by atoms with Gasteiger partial charge in [0.25, 0.3) is 5.92 Å². The lowest BCUT2D eigenvalue weighted by Crippen LogP contribution is -2.50. The van der Waals surface area contributed by atoms with Crippen molar-refractivity contribution >= 4 is 6.03 Å². The standard InChI is InChI=1S/C9H16F2N2O/c1-7-6-13(8(14)12(2)3)5-4-9(7,10)11/h7H,4-6H2,1-3H3/t7-/m1/s1. The van der Waals surface area contributed by atoms with Gasteiger partial charge in [-0.1, -0.05) is 6.92 Å². The fraction of sp³-hybridized carbons (Fsp3) is 0.889. The number of nitrogens with zero attached hydrogens (tertiary/aromatic N) is 2. The van der Waals surface area contributed by atoms with Crippen LogP contribution in [-0.2, 0) is 0 Å². The Morgan fingerprint density at radius 2 is 2.07 bits per heavy atom. The number of rotatable bonds is 0. The van der Waals surface area contributed by atoms with E-state index in [1.165, 1.54) is 16.7 Å². The smallest absolute Gasteiger partial charge is 0.319 e. The molecule has 0 aliphatic carbocycles. The number of piperidine rings is 1. The summed E-state index contributed by atoms with van der Waals surface area (Å²) >= 11 is 0. The summed E-state index contributed by atoms with van der Waals surface area (Å²) in [5, 5.41) is 0. The second-order valence-corrected chi connectivity index (χ2v) is 4.04. The Hall–Kier alpha value is -0.870. The van der Waals surface area contributed by atoms with E-state index in [0.717, 1.165) is 0 Å². The van der Waals surface area contributed by atoms with Crippen LogP contribution >= 0.6 is 0 Å². The number of alkyl halides is 2. The second kappa shape index (κ2) is 3.71. The average Bonchev–Trinajstić information content (AvgIpc) is 2.08. The largest absolute Gasteiger partial charge is 0.331 e. The van der Waals surface area contributed by atoms with Gasteiger partial charge in [0.1, 0.15) is 0 Å². The van der Waals surface area contributed by atoms with Gasteiger partial charge in [-0.15, -0.1) is 0 Å². The van der Waals surface area contributed by atoms with Gasteiger partial charge in [-0.05, 0) is 0 Å². The maximum Gasteiger partial charge on any atom is 0.319 e. The van der Waals surface area contributed by atoms with Gasteiger partial charge in [0, 0.05) is 39.5 Å². The van der Waals surface area contributed by atoms with Gasteiger partial charge < -0.3 is 9.80 Å². The third-order valence-corrected chi connectivity index (χ3v) is 2.58. The van der Waals surface area contributed by atoms with Crippen LogP contribution in [0.15, 0.2) is 0 Å². The van der Waals surface area contributed by atoms with Gasteiger partial charge in [0.15, 0.2) is 0 Å². The summed E-state index contributed by atoms with van der Waals surface area (Å²) in [6.45, 7) is 1.77. The fourth-order valence-electron chi connectivity index (χ4n) is 1.54. The van der Waals surface area contributed by atoms with Gasteiger partial charge in [-0.3, -0.25) is 0 Å². The summed E-state index contributed by atoms with van der Waals surface area (Å²) in [5.41, 5.74) is 0. The summed E-state index contributed by atoms with van der Waals surface area (Å²) < 4.78 is 26.2. The van der Waals surface area contributed by atoms with Crippen molar-refractivity contribution in [2.24, 2.45) is 5.92 Å². The molecule has 1 saturated heterocycles. The van der Waals surface area contributed by atoms with Crippen molar-refractivity contribution in [1.82, 2.24) is 9.80 Å². The SMILES string of the molecule is C[C@@H]1CN(C(=O)N(C)C)CCC1(F)F. The molecule has 1 aliphatic rings. The van der Waals surface area contributed by atoms with Crippen molar-refractivity contribution in [3.05, 3.63) is 0 Å². The van der Waals surface area contributed by atoms with Crippen molar-refractivity contribution in [2.45, 2.75) is 19.3 Å². The quantitative estimate of drug-likeness (QED) is 0.591. The van der Waals surface area contributed by atoms with Crippen molar-refractivity contribution in [3.8, 4) is 0 Å². The molecule has 0 unspecified atom stereocenters. The first-order chi connectivity index (χ1) is 6.34. The van der Waals surface area contributed by atoms with Gasteiger partial charge in [-0.2, -0.15) is 0 Å². The third kappa shape index (κ3) is 2.13. The van der Waals surface area contributed by atoms with Crippen LogP contribution in [0.5, 0.6) is 0 Å². The van der Waals surface area contributed by atoms with E-state index in [1.807, 2.05) is 0 Å². The molecule has 0 aromatic carbocycles. The fourth-order valence-corrected chi connectivity index (χ4v) is 1.54. The van der Waals surface area contributed by atoms with E-state index in [-0.39, 0.29) is 25.5 Å². The van der Waals surface area contributed by atoms with Crippen molar-refractivity contribution in [2.75, 3.05) is 27.2 Å². The van der Waals surface area contributed by atoms with E-state index in [4.69, 9.17) is 0 Å². The molecule has 3 nitrogen and oxygen atoms in total. The molecule has 0 spiro atoms. The predicted octanol–water partition coefficient (Wildman–Crippen LogP) is 1.65. The minimum absolute atomic E-state index is 0.143. The number of carbonyl (C=O) groups excluding carboxylic acids is 1. The highest BCUT2D eigenvalue weighted by Crippen LogP contribution is 2.33. The molecule has 0 aromatic heterocycles. The molecule has 1 rings (SSSR count). The van der Waals surface area contributed by atoms with Crippen LogP contribution in [0, 0.1) is 5.92 Å². The van der Waals surface area contributed by atoms with Crippen molar-refractivity contribution in [1.29, 1.82) is 0 Å². The molecule has 82 valence electrons. The number of amides is 2. The number of urea groups is 1. The van der Waals surface area contributed by atoms with Crippen LogP contribution in [0.2, 0.25) is 0 Å². The second-order valence-electron chi connectivity index (χ2n) is 4.04. The number of hydrogen-bond donors (Lipinski definition) is 0. The first-order valence-corrected chi connectivity index (χ1v) is 4.68. The number of likely N-dealkylation sites (tertiary alicyclic amines) is 1. The maximum atomic E-state index is 13.1. The minimum Gasteiger partial charge on any atom is -0.331 e. The molecule has 2 amide bonds. The van der Waals surface area contributed by atoms with Crippen LogP contribution < -0.4 is 0 Å². The van der Waals surface area contributed by atoms with Gasteiger partial charge in [-0.25, -0.2) is 13.6 Å². The summed E-state index contributed by atoms with van der Waals surface area (Å²) in [5.74, 6) is -3.37. The molecule has 1 fully saturated rings. The molecule has 1 heterocycles. The lowest BCUT2D eigenvalue weighted by Gasteiger charge is -2.37. The normalized spacial score (nSPS) is 26.1. The van der Waals surface area contributed by atoms with E-state index in [2.05, 4.69) is 0 Å². The summed E-state index contributed by atoms with van der Waals surface area (Å²) in [4.78, 5) is 14.3.